The van der Waals surface area contributed by atoms with Crippen molar-refractivity contribution in [2.24, 2.45) is 5.73 Å². The molecule has 2 N–H and O–H groups in total. The normalized spacial score (nSPS) is 12.1. The van der Waals surface area contributed by atoms with Crippen LogP contribution in [0.2, 0.25) is 10.2 Å². The van der Waals surface area contributed by atoms with Crippen molar-refractivity contribution < 1.29 is 27.5 Å². The molecule has 0 aliphatic carbocycles. The number of primary amides is 1. The van der Waals surface area contributed by atoms with Crippen molar-refractivity contribution in [2.45, 2.75) is 19.0 Å². The number of nitrogens with zero attached hydrogens (tertiary/aromatic N) is 8. The molecule has 0 fully saturated rings. The van der Waals surface area contributed by atoms with Crippen LogP contribution in [0.3, 0.4) is 0 Å². The lowest BCUT2D eigenvalue weighted by Crippen LogP contribution is -2.46. The second kappa shape index (κ2) is 12.7. The minimum atomic E-state index is -2.81. The monoisotopic (exact) mass is 668 g/mol. The molecule has 6 aromatic rings. The molecule has 1 atom stereocenters. The standard InChI is InChI=1S/C30H22Cl2F3N9O2/c1-46-44-15-19(27-24(9-7-22(31)28(27)33)43-16-26(32)38-40-43)6-8-23(44)25(12-21-10-11-41(39-21)30(34)35)42-14-20(13-37-42)17-2-4-18(5-3-17)29(36)45/h2-11,13-16,25,30H,12H2,1H3,(H-,36,45)/p+1/t25-/m1/s1. The Kier molecular flexibility index (Phi) is 8.47. The fourth-order valence-corrected chi connectivity index (χ4v) is 5.32. The third kappa shape index (κ3) is 6.04. The maximum absolute atomic E-state index is 15.6. The number of carbonyl (C=O) groups is 1. The van der Waals surface area contributed by atoms with Crippen molar-refractivity contribution in [3.8, 4) is 27.9 Å². The average molecular weight is 669 g/mol. The van der Waals surface area contributed by atoms with E-state index < -0.39 is 24.3 Å². The molecule has 2 aromatic carbocycles. The van der Waals surface area contributed by atoms with Gasteiger partial charge in [-0.3, -0.25) is 14.3 Å². The Morgan fingerprint density at radius 1 is 1.00 bits per heavy atom. The van der Waals surface area contributed by atoms with Gasteiger partial charge >= 0.3 is 6.55 Å². The van der Waals surface area contributed by atoms with Gasteiger partial charge in [-0.2, -0.15) is 19.0 Å². The van der Waals surface area contributed by atoms with Crippen molar-refractivity contribution in [3.63, 3.8) is 0 Å². The smallest absolute Gasteiger partial charge is 0.333 e. The topological polar surface area (TPSA) is 123 Å². The summed E-state index contributed by atoms with van der Waals surface area (Å²) in [5.41, 5.74) is 8.93. The largest absolute Gasteiger partial charge is 0.366 e. The highest BCUT2D eigenvalue weighted by molar-refractivity contribution is 6.31. The summed E-state index contributed by atoms with van der Waals surface area (Å²) >= 11 is 12.1. The van der Waals surface area contributed by atoms with Gasteiger partial charge in [0.15, 0.2) is 11.0 Å². The summed E-state index contributed by atoms with van der Waals surface area (Å²) in [6.45, 7) is -2.81. The number of carbonyl (C=O) groups excluding carboxylic acids is 1. The summed E-state index contributed by atoms with van der Waals surface area (Å²) in [4.78, 5) is 17.2. The molecule has 4 aromatic heterocycles. The number of alkyl halides is 2. The zero-order valence-electron chi connectivity index (χ0n) is 23.8. The Morgan fingerprint density at radius 2 is 1.76 bits per heavy atom. The Balaban J connectivity index is 1.44. The van der Waals surface area contributed by atoms with Crippen LogP contribution in [-0.4, -0.2) is 47.6 Å². The molecule has 11 nitrogen and oxygen atoms in total. The second-order valence-corrected chi connectivity index (χ2v) is 10.8. The minimum Gasteiger partial charge on any atom is -0.366 e. The predicted octanol–water partition coefficient (Wildman–Crippen LogP) is 5.11. The molecule has 0 unspecified atom stereocenters. The zero-order valence-corrected chi connectivity index (χ0v) is 25.3. The van der Waals surface area contributed by atoms with E-state index in [2.05, 4.69) is 20.5 Å². The molecule has 0 saturated carbocycles. The predicted molar refractivity (Wildman–Crippen MR) is 161 cm³/mol. The molecule has 1 amide bonds. The molecule has 0 aliphatic heterocycles. The highest BCUT2D eigenvalue weighted by atomic mass is 35.5. The van der Waals surface area contributed by atoms with Gasteiger partial charge in [-0.25, -0.2) is 13.8 Å². The number of hydrogen-bond donors (Lipinski definition) is 1. The van der Waals surface area contributed by atoms with Crippen LogP contribution in [0.25, 0.3) is 27.9 Å². The van der Waals surface area contributed by atoms with E-state index in [1.807, 2.05) is 0 Å². The van der Waals surface area contributed by atoms with Crippen molar-refractivity contribution in [1.29, 1.82) is 0 Å². The number of halogens is 5. The molecule has 0 radical (unpaired) electrons. The second-order valence-electron chi connectivity index (χ2n) is 10.0. The molecule has 234 valence electrons. The third-order valence-corrected chi connectivity index (χ3v) is 7.71. The molecule has 6 rings (SSSR count). The van der Waals surface area contributed by atoms with Gasteiger partial charge < -0.3 is 5.73 Å². The van der Waals surface area contributed by atoms with Gasteiger partial charge in [-0.15, -0.1) is 5.10 Å². The van der Waals surface area contributed by atoms with Crippen molar-refractivity contribution in [1.82, 2.24) is 34.6 Å². The number of rotatable bonds is 10. The average Bonchev–Trinajstić information content (AvgIpc) is 3.83. The highest BCUT2D eigenvalue weighted by Gasteiger charge is 2.30. The number of aromatic nitrogens is 8. The number of benzene rings is 2. The van der Waals surface area contributed by atoms with Crippen LogP contribution in [0.1, 0.15) is 34.3 Å². The maximum atomic E-state index is 15.6. The first-order valence-corrected chi connectivity index (χ1v) is 14.3. The van der Waals surface area contributed by atoms with Crippen molar-refractivity contribution in [3.05, 3.63) is 119 Å². The summed E-state index contributed by atoms with van der Waals surface area (Å²) in [5.74, 6) is -1.25. The van der Waals surface area contributed by atoms with E-state index in [0.717, 1.165) is 11.1 Å². The van der Waals surface area contributed by atoms with Crippen LogP contribution in [0.5, 0.6) is 0 Å². The summed E-state index contributed by atoms with van der Waals surface area (Å²) < 4.78 is 47.3. The van der Waals surface area contributed by atoms with Crippen LogP contribution in [0, 0.1) is 5.82 Å². The van der Waals surface area contributed by atoms with E-state index >= 15 is 4.39 Å². The summed E-state index contributed by atoms with van der Waals surface area (Å²) in [6, 6.07) is 13.9. The minimum absolute atomic E-state index is 0.111. The van der Waals surface area contributed by atoms with Crippen LogP contribution < -0.4 is 15.3 Å². The Morgan fingerprint density at radius 3 is 2.41 bits per heavy atom. The molecular weight excluding hydrogens is 646 g/mol. The van der Waals surface area contributed by atoms with Gasteiger partial charge in [0.2, 0.25) is 12.1 Å². The first-order chi connectivity index (χ1) is 22.1. The maximum Gasteiger partial charge on any atom is 0.333 e. The number of nitrogens with two attached hydrogens (primary N) is 1. The number of amides is 1. The van der Waals surface area contributed by atoms with E-state index in [1.165, 1.54) is 41.0 Å². The Labute approximate surface area is 269 Å². The third-order valence-electron chi connectivity index (χ3n) is 7.25. The fraction of sp³-hybridized carbons (Fsp3) is 0.133. The molecule has 16 heteroatoms. The van der Waals surface area contributed by atoms with Crippen molar-refractivity contribution >= 4 is 29.1 Å². The van der Waals surface area contributed by atoms with E-state index in [0.29, 0.717) is 32.9 Å². The lowest BCUT2D eigenvalue weighted by Gasteiger charge is -2.16. The van der Waals surface area contributed by atoms with E-state index in [1.54, 1.807) is 65.7 Å². The molecule has 4 heterocycles. The Bertz CT molecular complexity index is 2040. The SMILES string of the molecule is CO[n+]1cc(-c2c(-n3cc(Cl)nn3)ccc(Cl)c2F)ccc1[C@@H](Cc1ccn(C(F)F)n1)n1cc(-c2ccc(C(N)=O)cc2)cn1. The van der Waals surface area contributed by atoms with Crippen LogP contribution in [0.4, 0.5) is 13.2 Å². The van der Waals surface area contributed by atoms with Gasteiger partial charge in [-0.05, 0) is 42.0 Å². The van der Waals surface area contributed by atoms with Gasteiger partial charge in [-0.1, -0.05) is 40.5 Å². The summed E-state index contributed by atoms with van der Waals surface area (Å²) in [5, 5.41) is 16.3. The first kappa shape index (κ1) is 30.8. The van der Waals surface area contributed by atoms with Gasteiger partial charge in [0, 0.05) is 40.7 Å². The van der Waals surface area contributed by atoms with Gasteiger partial charge in [0.05, 0.1) is 39.9 Å². The molecule has 0 saturated heterocycles. The molecule has 0 spiro atoms. The van der Waals surface area contributed by atoms with Crippen LogP contribution >= 0.6 is 23.2 Å². The first-order valence-electron chi connectivity index (χ1n) is 13.6. The lowest BCUT2D eigenvalue weighted by atomic mass is 10.0. The zero-order chi connectivity index (χ0) is 32.5. The van der Waals surface area contributed by atoms with Gasteiger partial charge in [0.25, 0.3) is 5.69 Å². The summed E-state index contributed by atoms with van der Waals surface area (Å²) in [7, 11) is 1.43. The quantitative estimate of drug-likeness (QED) is 0.202. The van der Waals surface area contributed by atoms with E-state index in [4.69, 9.17) is 33.8 Å². The molecular formula is C30H23Cl2F3N9O2+. The van der Waals surface area contributed by atoms with E-state index in [9.17, 15) is 13.6 Å². The molecule has 0 aliphatic rings. The molecule has 46 heavy (non-hydrogen) atoms. The molecule has 0 bridgehead atoms. The van der Waals surface area contributed by atoms with Crippen molar-refractivity contribution in [2.75, 3.05) is 7.11 Å². The van der Waals surface area contributed by atoms with Gasteiger partial charge in [0.1, 0.15) is 13.2 Å². The van der Waals surface area contributed by atoms with Crippen LogP contribution in [0.15, 0.2) is 85.6 Å². The number of pyridine rings is 1. The highest BCUT2D eigenvalue weighted by Crippen LogP contribution is 2.34. The lowest BCUT2D eigenvalue weighted by molar-refractivity contribution is -0.891. The Hall–Kier alpha value is -5.21. The van der Waals surface area contributed by atoms with Crippen LogP contribution in [-0.2, 0) is 6.42 Å². The number of hydrogen-bond acceptors (Lipinski definition) is 6. The van der Waals surface area contributed by atoms with E-state index in [-0.39, 0.29) is 22.2 Å². The fourth-order valence-electron chi connectivity index (χ4n) is 5.03. The summed E-state index contributed by atoms with van der Waals surface area (Å²) in [6.07, 6.45) is 7.72.